The minimum Gasteiger partial charge on any atom is -0.352 e. The lowest BCUT2D eigenvalue weighted by atomic mass is 9.93. The SMILES string of the molecule is CCCc1c(NC=S)ccc(-c2cccnc2)c1C. The quantitative estimate of drug-likeness (QED) is 0.816. The van der Waals surface area contributed by atoms with E-state index < -0.39 is 0 Å². The van der Waals surface area contributed by atoms with Gasteiger partial charge in [0.15, 0.2) is 0 Å². The van der Waals surface area contributed by atoms with Crippen molar-refractivity contribution in [2.45, 2.75) is 26.7 Å². The third-order valence-corrected chi connectivity index (χ3v) is 3.40. The second-order valence-corrected chi connectivity index (χ2v) is 4.75. The standard InChI is InChI=1S/C16H18N2S/c1-3-5-15-12(2)14(7-8-16(15)18-11-19)13-6-4-9-17-10-13/h4,6-11H,3,5H2,1-2H3,(H,18,19). The van der Waals surface area contributed by atoms with Gasteiger partial charge in [-0.3, -0.25) is 4.98 Å². The third-order valence-electron chi connectivity index (χ3n) is 3.29. The van der Waals surface area contributed by atoms with Crippen LogP contribution in [0.3, 0.4) is 0 Å². The second-order valence-electron chi connectivity index (χ2n) is 4.52. The highest BCUT2D eigenvalue weighted by molar-refractivity contribution is 7.79. The highest BCUT2D eigenvalue weighted by Gasteiger charge is 2.10. The summed E-state index contributed by atoms with van der Waals surface area (Å²) in [6, 6.07) is 8.30. The van der Waals surface area contributed by atoms with Crippen molar-refractivity contribution in [3.63, 3.8) is 0 Å². The molecule has 1 aromatic heterocycles. The van der Waals surface area contributed by atoms with E-state index in [-0.39, 0.29) is 0 Å². The fraction of sp³-hybridized carbons (Fsp3) is 0.250. The molecule has 2 nitrogen and oxygen atoms in total. The summed E-state index contributed by atoms with van der Waals surface area (Å²) in [5.41, 5.74) is 7.72. The summed E-state index contributed by atoms with van der Waals surface area (Å²) in [5, 5.41) is 3.15. The smallest absolute Gasteiger partial charge is 0.0659 e. The van der Waals surface area contributed by atoms with E-state index in [4.69, 9.17) is 12.2 Å². The van der Waals surface area contributed by atoms with Gasteiger partial charge in [-0.05, 0) is 42.2 Å². The monoisotopic (exact) mass is 270 g/mol. The number of hydrogen-bond acceptors (Lipinski definition) is 2. The molecule has 0 unspecified atom stereocenters. The number of nitrogens with one attached hydrogen (secondary N) is 1. The van der Waals surface area contributed by atoms with Crippen LogP contribution < -0.4 is 5.32 Å². The first-order valence-electron chi connectivity index (χ1n) is 6.51. The minimum absolute atomic E-state index is 1.05. The first-order valence-corrected chi connectivity index (χ1v) is 6.98. The Balaban J connectivity index is 2.53. The lowest BCUT2D eigenvalue weighted by molar-refractivity contribution is 0.916. The predicted octanol–water partition coefficient (Wildman–Crippen LogP) is 4.38. The topological polar surface area (TPSA) is 24.9 Å². The van der Waals surface area contributed by atoms with Gasteiger partial charge in [0.1, 0.15) is 0 Å². The zero-order valence-corrected chi connectivity index (χ0v) is 12.1. The fourth-order valence-electron chi connectivity index (χ4n) is 2.36. The van der Waals surface area contributed by atoms with Gasteiger partial charge < -0.3 is 5.32 Å². The molecule has 0 aliphatic carbocycles. The van der Waals surface area contributed by atoms with Gasteiger partial charge in [0, 0.05) is 23.6 Å². The average Bonchev–Trinajstić information content (AvgIpc) is 2.44. The van der Waals surface area contributed by atoms with Gasteiger partial charge in [-0.15, -0.1) is 0 Å². The van der Waals surface area contributed by atoms with Crippen LogP contribution in [0.2, 0.25) is 0 Å². The Bertz CT molecular complexity index is 564. The fourth-order valence-corrected chi connectivity index (χ4v) is 2.49. The summed E-state index contributed by atoms with van der Waals surface area (Å²) in [6.45, 7) is 4.36. The maximum Gasteiger partial charge on any atom is 0.0659 e. The molecule has 0 saturated heterocycles. The number of pyridine rings is 1. The van der Waals surface area contributed by atoms with Crippen molar-refractivity contribution in [2.24, 2.45) is 0 Å². The predicted molar refractivity (Wildman–Crippen MR) is 85.7 cm³/mol. The molecule has 0 radical (unpaired) electrons. The number of nitrogens with zero attached hydrogens (tertiary/aromatic N) is 1. The summed E-state index contributed by atoms with van der Waals surface area (Å²) < 4.78 is 0. The molecule has 1 N–H and O–H groups in total. The van der Waals surface area contributed by atoms with Gasteiger partial charge in [-0.2, -0.15) is 0 Å². The summed E-state index contributed by atoms with van der Waals surface area (Å²) in [5.74, 6) is 0. The van der Waals surface area contributed by atoms with Crippen LogP contribution in [0, 0.1) is 6.92 Å². The molecule has 2 rings (SSSR count). The van der Waals surface area contributed by atoms with Gasteiger partial charge in [0.05, 0.1) is 5.49 Å². The number of benzene rings is 1. The van der Waals surface area contributed by atoms with Crippen LogP contribution in [0.15, 0.2) is 36.7 Å². The van der Waals surface area contributed by atoms with E-state index >= 15 is 0 Å². The minimum atomic E-state index is 1.05. The average molecular weight is 270 g/mol. The molecule has 0 aliphatic rings. The molecule has 0 atom stereocenters. The molecule has 1 heterocycles. The Hall–Kier alpha value is -1.74. The number of aromatic nitrogens is 1. The first-order chi connectivity index (χ1) is 9.27. The number of anilines is 1. The summed E-state index contributed by atoms with van der Waals surface area (Å²) in [6.07, 6.45) is 5.87. The van der Waals surface area contributed by atoms with Crippen LogP contribution in [0.4, 0.5) is 5.69 Å². The third kappa shape index (κ3) is 2.99. The normalized spacial score (nSPS) is 10.2. The van der Waals surface area contributed by atoms with E-state index in [1.807, 2.05) is 12.3 Å². The van der Waals surface area contributed by atoms with Crippen molar-refractivity contribution < 1.29 is 0 Å². The molecule has 0 saturated carbocycles. The van der Waals surface area contributed by atoms with Gasteiger partial charge in [0.2, 0.25) is 0 Å². The Morgan fingerprint density at radius 1 is 1.32 bits per heavy atom. The van der Waals surface area contributed by atoms with E-state index in [0.717, 1.165) is 24.1 Å². The molecule has 0 fully saturated rings. The van der Waals surface area contributed by atoms with E-state index in [0.29, 0.717) is 0 Å². The largest absolute Gasteiger partial charge is 0.352 e. The first kappa shape index (κ1) is 13.7. The number of thiocarbonyl (C=S) groups is 1. The van der Waals surface area contributed by atoms with E-state index in [9.17, 15) is 0 Å². The zero-order valence-electron chi connectivity index (χ0n) is 11.3. The van der Waals surface area contributed by atoms with Crippen LogP contribution in [0.25, 0.3) is 11.1 Å². The maximum atomic E-state index is 4.90. The van der Waals surface area contributed by atoms with Gasteiger partial charge in [-0.1, -0.05) is 37.7 Å². The molecule has 0 bridgehead atoms. The number of hydrogen-bond donors (Lipinski definition) is 1. The van der Waals surface area contributed by atoms with Crippen molar-refractivity contribution in [3.8, 4) is 11.1 Å². The Labute approximate surface area is 119 Å². The molecule has 0 aliphatic heterocycles. The Kier molecular flexibility index (Phi) is 4.63. The van der Waals surface area contributed by atoms with Crippen LogP contribution in [0.1, 0.15) is 24.5 Å². The van der Waals surface area contributed by atoms with Gasteiger partial charge in [0.25, 0.3) is 0 Å². The Morgan fingerprint density at radius 2 is 2.16 bits per heavy atom. The molecular weight excluding hydrogens is 252 g/mol. The van der Waals surface area contributed by atoms with Crippen molar-refractivity contribution in [1.82, 2.24) is 4.98 Å². The molecule has 19 heavy (non-hydrogen) atoms. The Morgan fingerprint density at radius 3 is 2.79 bits per heavy atom. The van der Waals surface area contributed by atoms with Crippen molar-refractivity contribution in [1.29, 1.82) is 0 Å². The molecule has 98 valence electrons. The highest BCUT2D eigenvalue weighted by Crippen LogP contribution is 2.30. The van der Waals surface area contributed by atoms with Crippen LogP contribution in [-0.2, 0) is 6.42 Å². The lowest BCUT2D eigenvalue weighted by Crippen LogP contribution is -2.01. The van der Waals surface area contributed by atoms with Crippen LogP contribution in [-0.4, -0.2) is 10.5 Å². The van der Waals surface area contributed by atoms with Crippen molar-refractivity contribution in [3.05, 3.63) is 47.8 Å². The second kappa shape index (κ2) is 6.43. The maximum absolute atomic E-state index is 4.90. The highest BCUT2D eigenvalue weighted by atomic mass is 32.1. The molecule has 2 aromatic rings. The molecular formula is C16H18N2S. The molecule has 1 aromatic carbocycles. The molecule has 0 spiro atoms. The van der Waals surface area contributed by atoms with E-state index in [2.05, 4.69) is 42.3 Å². The molecule has 3 heteroatoms. The summed E-state index contributed by atoms with van der Waals surface area (Å²) in [4.78, 5) is 4.20. The summed E-state index contributed by atoms with van der Waals surface area (Å²) >= 11 is 4.90. The molecule has 0 amide bonds. The van der Waals surface area contributed by atoms with Crippen molar-refractivity contribution in [2.75, 3.05) is 5.32 Å². The van der Waals surface area contributed by atoms with Gasteiger partial charge in [-0.25, -0.2) is 0 Å². The van der Waals surface area contributed by atoms with E-state index in [1.165, 1.54) is 16.7 Å². The van der Waals surface area contributed by atoms with E-state index in [1.54, 1.807) is 11.7 Å². The summed E-state index contributed by atoms with van der Waals surface area (Å²) in [7, 11) is 0. The number of rotatable bonds is 5. The lowest BCUT2D eigenvalue weighted by Gasteiger charge is -2.15. The van der Waals surface area contributed by atoms with Gasteiger partial charge >= 0.3 is 0 Å². The van der Waals surface area contributed by atoms with Crippen LogP contribution in [0.5, 0.6) is 0 Å². The van der Waals surface area contributed by atoms with Crippen molar-refractivity contribution >= 4 is 23.4 Å². The zero-order chi connectivity index (χ0) is 13.7. The van der Waals surface area contributed by atoms with Crippen LogP contribution >= 0.6 is 12.2 Å².